The third-order valence-corrected chi connectivity index (χ3v) is 4.81. The third kappa shape index (κ3) is 5.67. The lowest BCUT2D eigenvalue weighted by Crippen LogP contribution is -2.08. The highest BCUT2D eigenvalue weighted by Gasteiger charge is 2.06. The highest BCUT2D eigenvalue weighted by atomic mass is 16.1. The molecular formula is C27H24N4O. The van der Waals surface area contributed by atoms with Crippen LogP contribution in [0.25, 0.3) is 17.3 Å². The summed E-state index contributed by atoms with van der Waals surface area (Å²) in [6.07, 6.45) is 3.33. The first kappa shape index (κ1) is 21.0. The molecule has 158 valence electrons. The van der Waals surface area contributed by atoms with Crippen molar-refractivity contribution in [2.24, 2.45) is 0 Å². The Labute approximate surface area is 187 Å². The number of aryl methyl sites for hydroxylation is 2. The Morgan fingerprint density at radius 1 is 0.812 bits per heavy atom. The average Bonchev–Trinajstić information content (AvgIpc) is 2.79. The molecule has 1 amide bonds. The molecule has 0 atom stereocenters. The van der Waals surface area contributed by atoms with Gasteiger partial charge in [0.1, 0.15) is 11.6 Å². The quantitative estimate of drug-likeness (QED) is 0.367. The number of nitrogens with one attached hydrogen (secondary N) is 2. The van der Waals surface area contributed by atoms with Crippen molar-refractivity contribution in [1.82, 2.24) is 9.97 Å². The van der Waals surface area contributed by atoms with Gasteiger partial charge in [-0.3, -0.25) is 4.79 Å². The molecule has 0 aliphatic heterocycles. The number of aromatic nitrogens is 2. The van der Waals surface area contributed by atoms with Crippen LogP contribution in [0, 0.1) is 13.8 Å². The van der Waals surface area contributed by atoms with Crippen molar-refractivity contribution < 1.29 is 4.79 Å². The number of carbonyl (C=O) groups excluding carboxylic acids is 1. The topological polar surface area (TPSA) is 66.9 Å². The molecule has 1 heterocycles. The van der Waals surface area contributed by atoms with E-state index in [9.17, 15) is 4.79 Å². The number of benzene rings is 3. The zero-order valence-electron chi connectivity index (χ0n) is 18.0. The van der Waals surface area contributed by atoms with Crippen molar-refractivity contribution in [1.29, 1.82) is 0 Å². The van der Waals surface area contributed by atoms with E-state index >= 15 is 0 Å². The lowest BCUT2D eigenvalue weighted by Gasteiger charge is -2.10. The minimum atomic E-state index is -0.188. The Hall–Kier alpha value is -4.25. The summed E-state index contributed by atoms with van der Waals surface area (Å²) < 4.78 is 0. The summed E-state index contributed by atoms with van der Waals surface area (Å²) in [5.41, 5.74) is 5.57. The second-order valence-corrected chi connectivity index (χ2v) is 7.49. The van der Waals surface area contributed by atoms with Crippen molar-refractivity contribution in [2.75, 3.05) is 10.6 Å². The molecule has 0 saturated carbocycles. The molecular weight excluding hydrogens is 396 g/mol. The number of hydrogen-bond donors (Lipinski definition) is 2. The van der Waals surface area contributed by atoms with Crippen molar-refractivity contribution in [3.05, 3.63) is 108 Å². The van der Waals surface area contributed by atoms with Gasteiger partial charge in [-0.1, -0.05) is 66.2 Å². The summed E-state index contributed by atoms with van der Waals surface area (Å²) in [5.74, 6) is 1.19. The van der Waals surface area contributed by atoms with Crippen LogP contribution < -0.4 is 10.6 Å². The molecule has 0 saturated heterocycles. The van der Waals surface area contributed by atoms with Gasteiger partial charge in [0.25, 0.3) is 0 Å². The number of anilines is 3. The minimum absolute atomic E-state index is 0.188. The molecule has 0 spiro atoms. The van der Waals surface area contributed by atoms with Crippen LogP contribution in [0.2, 0.25) is 0 Å². The highest BCUT2D eigenvalue weighted by Crippen LogP contribution is 2.23. The molecule has 5 nitrogen and oxygen atoms in total. The molecule has 0 aliphatic rings. The Balaban J connectivity index is 1.46. The zero-order valence-corrected chi connectivity index (χ0v) is 18.0. The van der Waals surface area contributed by atoms with Gasteiger partial charge in [0.15, 0.2) is 0 Å². The standard InChI is InChI=1S/C27H24N4O/c1-19-11-13-21(14-12-19)15-16-27(32)31-24-10-6-9-23(17-24)30-26-18-25(28-20(2)29-26)22-7-4-3-5-8-22/h3-18H,1-2H3,(H,31,32)(H,28,29,30)/b16-15+. The van der Waals surface area contributed by atoms with E-state index in [1.165, 1.54) is 11.6 Å². The monoisotopic (exact) mass is 420 g/mol. The summed E-state index contributed by atoms with van der Waals surface area (Å²) in [5, 5.41) is 6.21. The molecule has 3 aromatic carbocycles. The Bertz CT molecular complexity index is 1250. The van der Waals surface area contributed by atoms with E-state index in [1.807, 2.05) is 98.8 Å². The van der Waals surface area contributed by atoms with Crippen LogP contribution in [0.15, 0.2) is 91.0 Å². The SMILES string of the molecule is Cc1ccc(/C=C/C(=O)Nc2cccc(Nc3cc(-c4ccccc4)nc(C)n3)c2)cc1. The molecule has 4 rings (SSSR count). The van der Waals surface area contributed by atoms with E-state index in [4.69, 9.17) is 0 Å². The third-order valence-electron chi connectivity index (χ3n) is 4.81. The Morgan fingerprint density at radius 2 is 1.56 bits per heavy atom. The van der Waals surface area contributed by atoms with Crippen LogP contribution in [-0.2, 0) is 4.79 Å². The first-order valence-corrected chi connectivity index (χ1v) is 10.4. The summed E-state index contributed by atoms with van der Waals surface area (Å²) in [6.45, 7) is 3.90. The fourth-order valence-electron chi connectivity index (χ4n) is 3.24. The van der Waals surface area contributed by atoms with Crippen LogP contribution in [0.3, 0.4) is 0 Å². The summed E-state index contributed by atoms with van der Waals surface area (Å²) in [6, 6.07) is 27.4. The summed E-state index contributed by atoms with van der Waals surface area (Å²) in [7, 11) is 0. The first-order valence-electron chi connectivity index (χ1n) is 10.4. The number of rotatable bonds is 6. The molecule has 0 bridgehead atoms. The van der Waals surface area contributed by atoms with Gasteiger partial charge >= 0.3 is 0 Å². The van der Waals surface area contributed by atoms with Gasteiger partial charge in [-0.2, -0.15) is 0 Å². The van der Waals surface area contributed by atoms with E-state index in [-0.39, 0.29) is 5.91 Å². The molecule has 32 heavy (non-hydrogen) atoms. The predicted molar refractivity (Wildman–Crippen MR) is 131 cm³/mol. The van der Waals surface area contributed by atoms with Crippen LogP contribution in [0.5, 0.6) is 0 Å². The minimum Gasteiger partial charge on any atom is -0.340 e. The van der Waals surface area contributed by atoms with Gasteiger partial charge in [-0.05, 0) is 43.7 Å². The molecule has 0 unspecified atom stereocenters. The molecule has 2 N–H and O–H groups in total. The maximum Gasteiger partial charge on any atom is 0.248 e. The smallest absolute Gasteiger partial charge is 0.248 e. The summed E-state index contributed by atoms with van der Waals surface area (Å²) >= 11 is 0. The van der Waals surface area contributed by atoms with Gasteiger partial charge in [-0.25, -0.2) is 9.97 Å². The molecule has 0 radical (unpaired) electrons. The fraction of sp³-hybridized carbons (Fsp3) is 0.0741. The lowest BCUT2D eigenvalue weighted by molar-refractivity contribution is -0.111. The molecule has 1 aromatic heterocycles. The van der Waals surface area contributed by atoms with Crippen LogP contribution in [-0.4, -0.2) is 15.9 Å². The largest absolute Gasteiger partial charge is 0.340 e. The number of hydrogen-bond acceptors (Lipinski definition) is 4. The number of amides is 1. The number of carbonyl (C=O) groups is 1. The van der Waals surface area contributed by atoms with E-state index in [1.54, 1.807) is 6.08 Å². The zero-order chi connectivity index (χ0) is 22.3. The van der Waals surface area contributed by atoms with Crippen molar-refractivity contribution in [3.63, 3.8) is 0 Å². The lowest BCUT2D eigenvalue weighted by atomic mass is 10.1. The Morgan fingerprint density at radius 3 is 2.34 bits per heavy atom. The maximum atomic E-state index is 12.3. The van der Waals surface area contributed by atoms with Crippen LogP contribution in [0.1, 0.15) is 17.0 Å². The van der Waals surface area contributed by atoms with E-state index in [0.717, 1.165) is 22.5 Å². The second kappa shape index (κ2) is 9.71. The predicted octanol–water partition coefficient (Wildman–Crippen LogP) is 6.16. The summed E-state index contributed by atoms with van der Waals surface area (Å²) in [4.78, 5) is 21.4. The molecule has 5 heteroatoms. The maximum absolute atomic E-state index is 12.3. The van der Waals surface area contributed by atoms with E-state index in [0.29, 0.717) is 17.3 Å². The van der Waals surface area contributed by atoms with Crippen LogP contribution >= 0.6 is 0 Å². The second-order valence-electron chi connectivity index (χ2n) is 7.49. The van der Waals surface area contributed by atoms with E-state index < -0.39 is 0 Å². The van der Waals surface area contributed by atoms with Crippen molar-refractivity contribution >= 4 is 29.2 Å². The van der Waals surface area contributed by atoms with Crippen molar-refractivity contribution in [3.8, 4) is 11.3 Å². The number of nitrogens with zero attached hydrogens (tertiary/aromatic N) is 2. The average molecular weight is 421 g/mol. The van der Waals surface area contributed by atoms with Gasteiger partial charge in [0, 0.05) is 29.1 Å². The Kier molecular flexibility index (Phi) is 6.37. The van der Waals surface area contributed by atoms with E-state index in [2.05, 4.69) is 20.6 Å². The molecule has 4 aromatic rings. The molecule has 0 aliphatic carbocycles. The highest BCUT2D eigenvalue weighted by molar-refractivity contribution is 6.02. The van der Waals surface area contributed by atoms with Gasteiger partial charge in [0.2, 0.25) is 5.91 Å². The van der Waals surface area contributed by atoms with Gasteiger partial charge in [0.05, 0.1) is 5.69 Å². The van der Waals surface area contributed by atoms with Gasteiger partial charge in [-0.15, -0.1) is 0 Å². The normalized spacial score (nSPS) is 10.8. The van der Waals surface area contributed by atoms with Crippen molar-refractivity contribution in [2.45, 2.75) is 13.8 Å². The molecule has 0 fully saturated rings. The fourth-order valence-corrected chi connectivity index (χ4v) is 3.24. The first-order chi connectivity index (χ1) is 15.5. The van der Waals surface area contributed by atoms with Crippen LogP contribution in [0.4, 0.5) is 17.2 Å². The van der Waals surface area contributed by atoms with Gasteiger partial charge < -0.3 is 10.6 Å².